The highest BCUT2D eigenvalue weighted by molar-refractivity contribution is 7.92. The number of nitrogens with zero attached hydrogens (tertiary/aromatic N) is 2. The molecule has 0 saturated heterocycles. The van der Waals surface area contributed by atoms with E-state index in [4.69, 9.17) is 0 Å². The normalized spacial score (nSPS) is 11.8. The number of sulfonamides is 1. The monoisotopic (exact) mass is 457 g/mol. The Morgan fingerprint density at radius 2 is 1.59 bits per heavy atom. The molecule has 166 valence electrons. The molecule has 3 aromatic rings. The Morgan fingerprint density at radius 3 is 2.22 bits per heavy atom. The number of nitrogens with one attached hydrogen (secondary N) is 1. The van der Waals surface area contributed by atoms with Crippen LogP contribution in [0.1, 0.15) is 18.1 Å². The minimum Gasteiger partial charge on any atom is -0.271 e. The highest BCUT2D eigenvalue weighted by Crippen LogP contribution is 2.26. The standard InChI is InChI=1S/C23H21F2N3O3S/c1-16-7-13-20(14-8-16)32(30,31)28(22-6-4-3-5-21(22)25)15-23(29)27-26-17(2)18-9-11-19(24)12-10-18/h3-14H,15H2,1-2H3,(H,27,29)/b26-17+. The van der Waals surface area contributed by atoms with Crippen LogP contribution in [0.2, 0.25) is 0 Å². The number of amides is 1. The van der Waals surface area contributed by atoms with Gasteiger partial charge in [0.2, 0.25) is 0 Å². The first kappa shape index (κ1) is 23.1. The molecule has 1 N–H and O–H groups in total. The minimum absolute atomic E-state index is 0.0786. The lowest BCUT2D eigenvalue weighted by atomic mass is 10.1. The number of aryl methyl sites for hydroxylation is 1. The molecule has 3 aromatic carbocycles. The van der Waals surface area contributed by atoms with E-state index in [9.17, 15) is 22.0 Å². The van der Waals surface area contributed by atoms with Crippen LogP contribution in [0.15, 0.2) is 82.8 Å². The average Bonchev–Trinajstić information content (AvgIpc) is 2.77. The summed E-state index contributed by atoms with van der Waals surface area (Å²) < 4.78 is 54.7. The average molecular weight is 458 g/mol. The van der Waals surface area contributed by atoms with Gasteiger partial charge in [0, 0.05) is 0 Å². The molecule has 0 heterocycles. The van der Waals surface area contributed by atoms with Crippen LogP contribution in [0.4, 0.5) is 14.5 Å². The quantitative estimate of drug-likeness (QED) is 0.430. The number of hydrogen-bond acceptors (Lipinski definition) is 4. The van der Waals surface area contributed by atoms with Crippen molar-refractivity contribution >= 4 is 27.3 Å². The second-order valence-electron chi connectivity index (χ2n) is 7.02. The molecule has 6 nitrogen and oxygen atoms in total. The van der Waals surface area contributed by atoms with Crippen molar-refractivity contribution in [2.24, 2.45) is 5.10 Å². The lowest BCUT2D eigenvalue weighted by Crippen LogP contribution is -2.40. The van der Waals surface area contributed by atoms with Gasteiger partial charge in [-0.15, -0.1) is 0 Å². The molecule has 3 rings (SSSR count). The van der Waals surface area contributed by atoms with Crippen LogP contribution in [0.5, 0.6) is 0 Å². The molecule has 0 unspecified atom stereocenters. The SMILES string of the molecule is C/C(=N\NC(=O)CN(c1ccccc1F)S(=O)(=O)c1ccc(C)cc1)c1ccc(F)cc1. The fraction of sp³-hybridized carbons (Fsp3) is 0.130. The molecule has 0 bridgehead atoms. The van der Waals surface area contributed by atoms with Gasteiger partial charge in [0.05, 0.1) is 16.3 Å². The van der Waals surface area contributed by atoms with Gasteiger partial charge in [-0.1, -0.05) is 42.0 Å². The second-order valence-corrected chi connectivity index (χ2v) is 8.88. The molecular weight excluding hydrogens is 436 g/mol. The van der Waals surface area contributed by atoms with Crippen molar-refractivity contribution in [1.82, 2.24) is 5.43 Å². The number of carbonyl (C=O) groups excluding carboxylic acids is 1. The molecule has 0 radical (unpaired) electrons. The molecule has 0 saturated carbocycles. The molecular formula is C23H21F2N3O3S. The first-order chi connectivity index (χ1) is 15.2. The number of para-hydroxylation sites is 1. The maximum Gasteiger partial charge on any atom is 0.264 e. The van der Waals surface area contributed by atoms with Crippen LogP contribution in [-0.4, -0.2) is 26.6 Å². The molecule has 0 spiro atoms. The molecule has 32 heavy (non-hydrogen) atoms. The minimum atomic E-state index is -4.24. The van der Waals surface area contributed by atoms with Gasteiger partial charge in [0.15, 0.2) is 0 Å². The predicted molar refractivity (Wildman–Crippen MR) is 119 cm³/mol. The van der Waals surface area contributed by atoms with Crippen LogP contribution in [-0.2, 0) is 14.8 Å². The Balaban J connectivity index is 1.88. The third kappa shape index (κ3) is 5.36. The van der Waals surface area contributed by atoms with Crippen LogP contribution in [0.25, 0.3) is 0 Å². The van der Waals surface area contributed by atoms with Crippen molar-refractivity contribution < 1.29 is 22.0 Å². The van der Waals surface area contributed by atoms with E-state index in [1.54, 1.807) is 26.0 Å². The van der Waals surface area contributed by atoms with Gasteiger partial charge in [0.1, 0.15) is 18.2 Å². The summed E-state index contributed by atoms with van der Waals surface area (Å²) in [6.45, 7) is 2.71. The summed E-state index contributed by atoms with van der Waals surface area (Å²) in [5, 5.41) is 3.94. The summed E-state index contributed by atoms with van der Waals surface area (Å²) in [7, 11) is -4.24. The summed E-state index contributed by atoms with van der Waals surface area (Å²) in [6, 6.07) is 16.8. The first-order valence-electron chi connectivity index (χ1n) is 9.61. The van der Waals surface area contributed by atoms with Crippen LogP contribution in [0.3, 0.4) is 0 Å². The highest BCUT2D eigenvalue weighted by Gasteiger charge is 2.29. The number of carbonyl (C=O) groups is 1. The summed E-state index contributed by atoms with van der Waals surface area (Å²) in [6.07, 6.45) is 0. The Morgan fingerprint density at radius 1 is 0.969 bits per heavy atom. The van der Waals surface area contributed by atoms with Crippen LogP contribution in [0, 0.1) is 18.6 Å². The third-order valence-corrected chi connectivity index (χ3v) is 6.40. The van der Waals surface area contributed by atoms with Crippen molar-refractivity contribution in [3.8, 4) is 0 Å². The summed E-state index contributed by atoms with van der Waals surface area (Å²) in [5.41, 5.74) is 3.82. The molecule has 1 amide bonds. The fourth-order valence-corrected chi connectivity index (χ4v) is 4.29. The van der Waals surface area contributed by atoms with Crippen LogP contribution >= 0.6 is 0 Å². The van der Waals surface area contributed by atoms with Crippen molar-refractivity contribution in [3.63, 3.8) is 0 Å². The first-order valence-corrected chi connectivity index (χ1v) is 11.1. The number of benzene rings is 3. The lowest BCUT2D eigenvalue weighted by Gasteiger charge is -2.24. The van der Waals surface area contributed by atoms with E-state index in [1.807, 2.05) is 0 Å². The Labute approximate surface area is 185 Å². The molecule has 9 heteroatoms. The molecule has 0 aliphatic carbocycles. The lowest BCUT2D eigenvalue weighted by molar-refractivity contribution is -0.119. The van der Waals surface area contributed by atoms with Gasteiger partial charge in [0.25, 0.3) is 15.9 Å². The van der Waals surface area contributed by atoms with Crippen molar-refractivity contribution in [2.75, 3.05) is 10.8 Å². The Kier molecular flexibility index (Phi) is 6.99. The molecule has 0 aliphatic rings. The van der Waals surface area contributed by atoms with Crippen molar-refractivity contribution in [1.29, 1.82) is 0 Å². The number of halogens is 2. The van der Waals surface area contributed by atoms with Crippen molar-refractivity contribution in [2.45, 2.75) is 18.7 Å². The largest absolute Gasteiger partial charge is 0.271 e. The number of anilines is 1. The predicted octanol–water partition coefficient (Wildman–Crippen LogP) is 4.01. The van der Waals surface area contributed by atoms with E-state index in [0.29, 0.717) is 15.6 Å². The number of hydrazone groups is 1. The number of rotatable bonds is 7. The number of hydrogen-bond donors (Lipinski definition) is 1. The zero-order valence-electron chi connectivity index (χ0n) is 17.4. The van der Waals surface area contributed by atoms with Gasteiger partial charge in [-0.25, -0.2) is 22.6 Å². The molecule has 0 aromatic heterocycles. The summed E-state index contributed by atoms with van der Waals surface area (Å²) in [5.74, 6) is -1.97. The van der Waals surface area contributed by atoms with E-state index in [2.05, 4.69) is 10.5 Å². The van der Waals surface area contributed by atoms with E-state index >= 15 is 0 Å². The van der Waals surface area contributed by atoms with Gasteiger partial charge in [-0.2, -0.15) is 5.10 Å². The highest BCUT2D eigenvalue weighted by atomic mass is 32.2. The summed E-state index contributed by atoms with van der Waals surface area (Å²) in [4.78, 5) is 12.5. The Hall–Kier alpha value is -3.59. The fourth-order valence-electron chi connectivity index (χ4n) is 2.86. The zero-order valence-corrected chi connectivity index (χ0v) is 18.2. The van der Waals surface area contributed by atoms with Gasteiger partial charge < -0.3 is 0 Å². The topological polar surface area (TPSA) is 78.8 Å². The molecule has 0 atom stereocenters. The maximum absolute atomic E-state index is 14.5. The van der Waals surface area contributed by atoms with E-state index in [0.717, 1.165) is 11.6 Å². The maximum atomic E-state index is 14.5. The Bertz CT molecular complexity index is 1240. The second kappa shape index (κ2) is 9.69. The zero-order chi connectivity index (χ0) is 23.3. The summed E-state index contributed by atoms with van der Waals surface area (Å²) >= 11 is 0. The molecule has 0 fully saturated rings. The van der Waals surface area contributed by atoms with E-state index in [1.165, 1.54) is 54.6 Å². The van der Waals surface area contributed by atoms with Crippen LogP contribution < -0.4 is 9.73 Å². The van der Waals surface area contributed by atoms with E-state index in [-0.39, 0.29) is 10.6 Å². The van der Waals surface area contributed by atoms with Gasteiger partial charge >= 0.3 is 0 Å². The molecule has 0 aliphatic heterocycles. The smallest absolute Gasteiger partial charge is 0.264 e. The van der Waals surface area contributed by atoms with Crippen molar-refractivity contribution in [3.05, 3.63) is 95.6 Å². The third-order valence-electron chi connectivity index (χ3n) is 4.63. The van der Waals surface area contributed by atoms with Gasteiger partial charge in [-0.05, 0) is 55.8 Å². The van der Waals surface area contributed by atoms with Gasteiger partial charge in [-0.3, -0.25) is 9.10 Å². The van der Waals surface area contributed by atoms with E-state index < -0.39 is 34.1 Å².